The normalized spacial score (nSPS) is 41.8. The number of hydrogen-bond donors (Lipinski definition) is 1. The van der Waals surface area contributed by atoms with Crippen molar-refractivity contribution < 1.29 is 14.6 Å². The molecule has 0 aromatic heterocycles. The summed E-state index contributed by atoms with van der Waals surface area (Å²) in [6.07, 6.45) is 17.0. The first-order valence-corrected chi connectivity index (χ1v) is 13.8. The summed E-state index contributed by atoms with van der Waals surface area (Å²) in [7, 11) is 0. The van der Waals surface area contributed by atoms with Crippen molar-refractivity contribution in [2.24, 2.45) is 40.4 Å². The second-order valence-electron chi connectivity index (χ2n) is 12.3. The molecule has 32 heavy (non-hydrogen) atoms. The Bertz CT molecular complexity index is 699. The van der Waals surface area contributed by atoms with Crippen LogP contribution in [0.25, 0.3) is 0 Å². The molecule has 3 fully saturated rings. The predicted octanol–water partition coefficient (Wildman–Crippen LogP) is 7.08. The number of ether oxygens (including phenoxy) is 1. The fourth-order valence-electron chi connectivity index (χ4n) is 8.77. The van der Waals surface area contributed by atoms with Crippen LogP contribution in [0.15, 0.2) is 11.6 Å². The fourth-order valence-corrected chi connectivity index (χ4v) is 8.77. The van der Waals surface area contributed by atoms with Crippen molar-refractivity contribution in [2.45, 2.75) is 117 Å². The first kappa shape index (κ1) is 24.3. The highest BCUT2D eigenvalue weighted by molar-refractivity contribution is 5.69. The highest BCUT2D eigenvalue weighted by Gasteiger charge is 2.59. The molecule has 0 amide bonds. The van der Waals surface area contributed by atoms with Crippen molar-refractivity contribution in [3.8, 4) is 0 Å². The minimum Gasteiger partial charge on any atom is -0.466 e. The van der Waals surface area contributed by atoms with Gasteiger partial charge in [0.25, 0.3) is 0 Å². The Kier molecular flexibility index (Phi) is 7.45. The summed E-state index contributed by atoms with van der Waals surface area (Å²) in [6, 6.07) is 0. The lowest BCUT2D eigenvalue weighted by Gasteiger charge is -2.58. The van der Waals surface area contributed by atoms with E-state index in [9.17, 15) is 9.90 Å². The van der Waals surface area contributed by atoms with E-state index in [0.29, 0.717) is 29.8 Å². The molecule has 4 aliphatic carbocycles. The van der Waals surface area contributed by atoms with Gasteiger partial charge in [0.2, 0.25) is 0 Å². The quantitative estimate of drug-likeness (QED) is 0.247. The molecule has 3 saturated carbocycles. The standard InChI is InChI=1S/C29H48O3/c1-5-6-7-18-32-27(31)13-8-20(2)24-11-12-25-23-10-9-21-19-22(30)14-16-28(21,3)26(23)15-17-29(24,25)4/h9,20,22-26,30H,5-8,10-19H2,1-4H3/t20-,22+,23+,24-,25+,26+,28+,29-/m1/s1. The van der Waals surface area contributed by atoms with Gasteiger partial charge in [-0.15, -0.1) is 0 Å². The Balaban J connectivity index is 1.37. The van der Waals surface area contributed by atoms with Gasteiger partial charge in [0.15, 0.2) is 0 Å². The Morgan fingerprint density at radius 2 is 1.97 bits per heavy atom. The summed E-state index contributed by atoms with van der Waals surface area (Å²) in [5.41, 5.74) is 2.33. The number of aliphatic hydroxyl groups excluding tert-OH is 1. The summed E-state index contributed by atoms with van der Waals surface area (Å²) >= 11 is 0. The second kappa shape index (κ2) is 9.80. The molecule has 4 aliphatic rings. The first-order chi connectivity index (χ1) is 15.3. The third-order valence-electron chi connectivity index (χ3n) is 10.7. The molecule has 4 rings (SSSR count). The Labute approximate surface area is 196 Å². The number of aliphatic hydroxyl groups is 1. The van der Waals surface area contributed by atoms with Gasteiger partial charge in [-0.3, -0.25) is 4.79 Å². The number of esters is 1. The maximum atomic E-state index is 12.2. The third kappa shape index (κ3) is 4.44. The molecular weight excluding hydrogens is 396 g/mol. The maximum absolute atomic E-state index is 12.2. The molecule has 3 heteroatoms. The van der Waals surface area contributed by atoms with Crippen LogP contribution < -0.4 is 0 Å². The van der Waals surface area contributed by atoms with Gasteiger partial charge in [0.1, 0.15) is 0 Å². The van der Waals surface area contributed by atoms with Crippen molar-refractivity contribution >= 4 is 5.97 Å². The zero-order valence-electron chi connectivity index (χ0n) is 21.2. The zero-order valence-corrected chi connectivity index (χ0v) is 21.2. The largest absolute Gasteiger partial charge is 0.466 e. The molecule has 0 bridgehead atoms. The molecule has 0 heterocycles. The maximum Gasteiger partial charge on any atom is 0.305 e. The summed E-state index contributed by atoms with van der Waals surface area (Å²) in [6.45, 7) is 10.3. The lowest BCUT2D eigenvalue weighted by atomic mass is 9.47. The van der Waals surface area contributed by atoms with E-state index in [-0.39, 0.29) is 12.1 Å². The van der Waals surface area contributed by atoms with Crippen molar-refractivity contribution in [1.82, 2.24) is 0 Å². The van der Waals surface area contributed by atoms with Crippen molar-refractivity contribution in [3.63, 3.8) is 0 Å². The molecule has 0 unspecified atom stereocenters. The van der Waals surface area contributed by atoms with E-state index in [1.165, 1.54) is 38.5 Å². The van der Waals surface area contributed by atoms with Gasteiger partial charge in [0, 0.05) is 6.42 Å². The highest BCUT2D eigenvalue weighted by atomic mass is 16.5. The minimum atomic E-state index is -0.116. The molecule has 8 atom stereocenters. The number of allylic oxidation sites excluding steroid dienone is 1. The van der Waals surface area contributed by atoms with E-state index in [1.807, 2.05) is 0 Å². The van der Waals surface area contributed by atoms with Crippen LogP contribution in [0.3, 0.4) is 0 Å². The van der Waals surface area contributed by atoms with Crippen molar-refractivity contribution in [3.05, 3.63) is 11.6 Å². The average molecular weight is 445 g/mol. The molecule has 0 radical (unpaired) electrons. The van der Waals surface area contributed by atoms with Crippen LogP contribution in [0, 0.1) is 40.4 Å². The van der Waals surface area contributed by atoms with Crippen LogP contribution in [0.2, 0.25) is 0 Å². The number of carbonyl (C=O) groups is 1. The zero-order chi connectivity index (χ0) is 22.9. The number of carbonyl (C=O) groups excluding carboxylic acids is 1. The van der Waals surface area contributed by atoms with E-state index in [0.717, 1.165) is 62.2 Å². The van der Waals surface area contributed by atoms with E-state index in [2.05, 4.69) is 33.8 Å². The van der Waals surface area contributed by atoms with Gasteiger partial charge < -0.3 is 9.84 Å². The van der Waals surface area contributed by atoms with E-state index in [4.69, 9.17) is 4.74 Å². The molecule has 3 nitrogen and oxygen atoms in total. The van der Waals surface area contributed by atoms with Gasteiger partial charge in [-0.25, -0.2) is 0 Å². The fraction of sp³-hybridized carbons (Fsp3) is 0.897. The van der Waals surface area contributed by atoms with E-state index < -0.39 is 0 Å². The lowest BCUT2D eigenvalue weighted by molar-refractivity contribution is -0.144. The topological polar surface area (TPSA) is 46.5 Å². The van der Waals surface area contributed by atoms with Crippen LogP contribution in [0.1, 0.15) is 111 Å². The molecule has 0 aromatic rings. The Morgan fingerprint density at radius 3 is 2.75 bits per heavy atom. The molecule has 0 aromatic carbocycles. The van der Waals surface area contributed by atoms with Crippen molar-refractivity contribution in [2.75, 3.05) is 6.61 Å². The van der Waals surface area contributed by atoms with Gasteiger partial charge >= 0.3 is 5.97 Å². The van der Waals surface area contributed by atoms with Gasteiger partial charge in [-0.2, -0.15) is 0 Å². The van der Waals surface area contributed by atoms with Crippen molar-refractivity contribution in [1.29, 1.82) is 0 Å². The predicted molar refractivity (Wildman–Crippen MR) is 130 cm³/mol. The molecule has 1 N–H and O–H groups in total. The number of fused-ring (bicyclic) bond motifs is 5. The molecule has 182 valence electrons. The molecule has 0 saturated heterocycles. The number of hydrogen-bond acceptors (Lipinski definition) is 3. The van der Waals surface area contributed by atoms with Crippen LogP contribution in [-0.4, -0.2) is 23.8 Å². The monoisotopic (exact) mass is 444 g/mol. The third-order valence-corrected chi connectivity index (χ3v) is 10.7. The van der Waals surface area contributed by atoms with Gasteiger partial charge in [-0.05, 0) is 105 Å². The van der Waals surface area contributed by atoms with Crippen LogP contribution in [-0.2, 0) is 9.53 Å². The lowest BCUT2D eigenvalue weighted by Crippen LogP contribution is -2.50. The average Bonchev–Trinajstić information content (AvgIpc) is 3.13. The van der Waals surface area contributed by atoms with E-state index in [1.54, 1.807) is 5.57 Å². The van der Waals surface area contributed by atoms with Crippen LogP contribution in [0.5, 0.6) is 0 Å². The SMILES string of the molecule is CCCCCOC(=O)CC[C@@H](C)[C@H]1CC[C@H]2[C@@H]3CC=C4C[C@@H](O)CC[C@]4(C)[C@H]3CC[C@]12C. The summed E-state index contributed by atoms with van der Waals surface area (Å²) in [5, 5.41) is 10.2. The summed E-state index contributed by atoms with van der Waals surface area (Å²) < 4.78 is 5.47. The molecule has 0 spiro atoms. The minimum absolute atomic E-state index is 0.00807. The Morgan fingerprint density at radius 1 is 1.16 bits per heavy atom. The smallest absolute Gasteiger partial charge is 0.305 e. The highest BCUT2D eigenvalue weighted by Crippen LogP contribution is 2.67. The Hall–Kier alpha value is -0.830. The van der Waals surface area contributed by atoms with Gasteiger partial charge in [0.05, 0.1) is 12.7 Å². The first-order valence-electron chi connectivity index (χ1n) is 13.8. The van der Waals surface area contributed by atoms with Crippen LogP contribution in [0.4, 0.5) is 0 Å². The van der Waals surface area contributed by atoms with E-state index >= 15 is 0 Å². The summed E-state index contributed by atoms with van der Waals surface area (Å²) in [5.74, 6) is 3.80. The second-order valence-corrected chi connectivity index (χ2v) is 12.3. The van der Waals surface area contributed by atoms with Gasteiger partial charge in [-0.1, -0.05) is 52.2 Å². The number of unbranched alkanes of at least 4 members (excludes halogenated alkanes) is 2. The number of rotatable bonds is 8. The van der Waals surface area contributed by atoms with Crippen LogP contribution >= 0.6 is 0 Å². The molecular formula is C29H48O3. The molecule has 0 aliphatic heterocycles. The summed E-state index contributed by atoms with van der Waals surface area (Å²) in [4.78, 5) is 12.2.